The molecule has 1 aromatic heterocycles. The van der Waals surface area contributed by atoms with Gasteiger partial charge in [0.15, 0.2) is 0 Å². The molecule has 20 heavy (non-hydrogen) atoms. The van der Waals surface area contributed by atoms with Gasteiger partial charge in [-0.05, 0) is 19.3 Å². The lowest BCUT2D eigenvalue weighted by Crippen LogP contribution is -2.33. The number of aliphatic hydroxyl groups is 1. The minimum atomic E-state index is -0.261. The molecule has 2 unspecified atom stereocenters. The molecule has 1 aliphatic carbocycles. The summed E-state index contributed by atoms with van der Waals surface area (Å²) in [6, 6.07) is 0. The molecular weight excluding hydrogens is 256 g/mol. The topological polar surface area (TPSA) is 75.4 Å². The zero-order valence-electron chi connectivity index (χ0n) is 12.3. The fourth-order valence-electron chi connectivity index (χ4n) is 2.86. The maximum Gasteiger partial charge on any atom is 0.224 e. The molecule has 5 heteroatoms. The first-order valence-electron chi connectivity index (χ1n) is 7.56. The average molecular weight is 280 g/mol. The van der Waals surface area contributed by atoms with Crippen molar-refractivity contribution in [3.63, 3.8) is 0 Å². The number of aromatic nitrogens is 1. The highest BCUT2D eigenvalue weighted by molar-refractivity contribution is 5.79. The van der Waals surface area contributed by atoms with Crippen molar-refractivity contribution in [3.8, 4) is 0 Å². The molecule has 1 fully saturated rings. The highest BCUT2D eigenvalue weighted by Crippen LogP contribution is 2.24. The number of hydrogen-bond donors (Lipinski definition) is 2. The van der Waals surface area contributed by atoms with Crippen LogP contribution in [-0.4, -0.2) is 28.8 Å². The molecule has 1 saturated carbocycles. The number of aryl methyl sites for hydroxylation is 2. The maximum absolute atomic E-state index is 12.0. The van der Waals surface area contributed by atoms with Crippen molar-refractivity contribution in [2.75, 3.05) is 6.54 Å². The van der Waals surface area contributed by atoms with Gasteiger partial charge < -0.3 is 14.9 Å². The fraction of sp³-hybridized carbons (Fsp3) is 0.733. The quantitative estimate of drug-likeness (QED) is 0.830. The van der Waals surface area contributed by atoms with E-state index in [2.05, 4.69) is 10.5 Å². The summed E-state index contributed by atoms with van der Waals surface area (Å²) in [7, 11) is 0. The van der Waals surface area contributed by atoms with Crippen LogP contribution in [0.1, 0.15) is 50.1 Å². The summed E-state index contributed by atoms with van der Waals surface area (Å²) in [5.41, 5.74) is 1.80. The summed E-state index contributed by atoms with van der Waals surface area (Å²) >= 11 is 0. The van der Waals surface area contributed by atoms with Crippen LogP contribution in [0.5, 0.6) is 0 Å². The van der Waals surface area contributed by atoms with Crippen LogP contribution >= 0.6 is 0 Å². The second-order valence-corrected chi connectivity index (χ2v) is 5.48. The number of nitrogens with one attached hydrogen (secondary N) is 1. The van der Waals surface area contributed by atoms with Crippen LogP contribution in [0, 0.1) is 5.92 Å². The van der Waals surface area contributed by atoms with E-state index in [1.54, 1.807) is 0 Å². The third-order valence-corrected chi connectivity index (χ3v) is 4.12. The van der Waals surface area contributed by atoms with Gasteiger partial charge in [0.1, 0.15) is 5.76 Å². The van der Waals surface area contributed by atoms with E-state index < -0.39 is 0 Å². The van der Waals surface area contributed by atoms with Gasteiger partial charge in [-0.3, -0.25) is 4.79 Å². The van der Waals surface area contributed by atoms with E-state index in [-0.39, 0.29) is 17.9 Å². The predicted molar refractivity (Wildman–Crippen MR) is 75.3 cm³/mol. The zero-order chi connectivity index (χ0) is 14.5. The molecule has 0 aromatic carbocycles. The zero-order valence-corrected chi connectivity index (χ0v) is 12.3. The Morgan fingerprint density at radius 3 is 2.80 bits per heavy atom. The molecule has 2 N–H and O–H groups in total. The molecule has 1 amide bonds. The van der Waals surface area contributed by atoms with Crippen molar-refractivity contribution >= 4 is 5.91 Å². The van der Waals surface area contributed by atoms with Gasteiger partial charge in [-0.2, -0.15) is 0 Å². The lowest BCUT2D eigenvalue weighted by Gasteiger charge is -2.15. The summed E-state index contributed by atoms with van der Waals surface area (Å²) in [4.78, 5) is 12.0. The van der Waals surface area contributed by atoms with E-state index in [1.165, 1.54) is 0 Å². The Bertz CT molecular complexity index is 434. The number of amides is 1. The Hall–Kier alpha value is -1.36. The number of rotatable bonds is 6. The van der Waals surface area contributed by atoms with E-state index in [4.69, 9.17) is 4.52 Å². The summed E-state index contributed by atoms with van der Waals surface area (Å²) in [6.07, 6.45) is 4.47. The Balaban J connectivity index is 1.89. The SMILES string of the molecule is CCc1noc(CC)c1CC(=O)NCC1CCCC1O. The number of aliphatic hydroxyl groups excluding tert-OH is 1. The number of carbonyl (C=O) groups excluding carboxylic acids is 1. The van der Waals surface area contributed by atoms with Crippen molar-refractivity contribution in [1.82, 2.24) is 10.5 Å². The summed E-state index contributed by atoms with van der Waals surface area (Å²) in [5, 5.41) is 16.7. The average Bonchev–Trinajstić information content (AvgIpc) is 3.02. The summed E-state index contributed by atoms with van der Waals surface area (Å²) < 4.78 is 5.26. The van der Waals surface area contributed by atoms with E-state index in [0.29, 0.717) is 13.0 Å². The third-order valence-electron chi connectivity index (χ3n) is 4.12. The molecular formula is C15H24N2O3. The molecule has 0 aliphatic heterocycles. The highest BCUT2D eigenvalue weighted by atomic mass is 16.5. The van der Waals surface area contributed by atoms with E-state index in [1.807, 2.05) is 13.8 Å². The fourth-order valence-corrected chi connectivity index (χ4v) is 2.86. The first-order chi connectivity index (χ1) is 9.65. The Morgan fingerprint density at radius 1 is 1.40 bits per heavy atom. The van der Waals surface area contributed by atoms with Crippen LogP contribution in [0.25, 0.3) is 0 Å². The number of carbonyl (C=O) groups is 1. The third kappa shape index (κ3) is 3.39. The van der Waals surface area contributed by atoms with Gasteiger partial charge in [0.25, 0.3) is 0 Å². The Kier molecular flexibility index (Phi) is 5.17. The molecule has 1 aromatic rings. The minimum Gasteiger partial charge on any atom is -0.393 e. The summed E-state index contributed by atoms with van der Waals surface area (Å²) in [6.45, 7) is 4.57. The van der Waals surface area contributed by atoms with Crippen LogP contribution in [-0.2, 0) is 24.1 Å². The lowest BCUT2D eigenvalue weighted by molar-refractivity contribution is -0.120. The largest absolute Gasteiger partial charge is 0.393 e. The summed E-state index contributed by atoms with van der Waals surface area (Å²) in [5.74, 6) is 0.993. The normalized spacial score (nSPS) is 22.1. The highest BCUT2D eigenvalue weighted by Gasteiger charge is 2.25. The second-order valence-electron chi connectivity index (χ2n) is 5.48. The van der Waals surface area contributed by atoms with Gasteiger partial charge in [0.05, 0.1) is 18.2 Å². The minimum absolute atomic E-state index is 0.0169. The van der Waals surface area contributed by atoms with Crippen LogP contribution in [0.2, 0.25) is 0 Å². The molecule has 0 radical (unpaired) electrons. The van der Waals surface area contributed by atoms with Gasteiger partial charge in [-0.1, -0.05) is 25.4 Å². The van der Waals surface area contributed by atoms with Gasteiger partial charge in [0, 0.05) is 24.4 Å². The van der Waals surface area contributed by atoms with E-state index >= 15 is 0 Å². The van der Waals surface area contributed by atoms with E-state index in [9.17, 15) is 9.90 Å². The number of nitrogens with zero attached hydrogens (tertiary/aromatic N) is 1. The Morgan fingerprint density at radius 2 is 2.20 bits per heavy atom. The van der Waals surface area contributed by atoms with Crippen LogP contribution in [0.15, 0.2) is 4.52 Å². The van der Waals surface area contributed by atoms with Crippen LogP contribution in [0.3, 0.4) is 0 Å². The Labute approximate surface area is 119 Å². The van der Waals surface area contributed by atoms with Crippen LogP contribution in [0.4, 0.5) is 0 Å². The van der Waals surface area contributed by atoms with E-state index in [0.717, 1.165) is 49.1 Å². The second kappa shape index (κ2) is 6.88. The molecule has 2 rings (SSSR count). The molecule has 5 nitrogen and oxygen atoms in total. The first kappa shape index (κ1) is 15.0. The van der Waals surface area contributed by atoms with Crippen molar-refractivity contribution in [3.05, 3.63) is 17.0 Å². The molecule has 1 heterocycles. The molecule has 0 spiro atoms. The molecule has 0 bridgehead atoms. The van der Waals surface area contributed by atoms with Gasteiger partial charge in [-0.15, -0.1) is 0 Å². The van der Waals surface area contributed by atoms with Gasteiger partial charge in [-0.25, -0.2) is 0 Å². The maximum atomic E-state index is 12.0. The van der Waals surface area contributed by atoms with Gasteiger partial charge in [0.2, 0.25) is 5.91 Å². The van der Waals surface area contributed by atoms with Crippen molar-refractivity contribution in [1.29, 1.82) is 0 Å². The van der Waals surface area contributed by atoms with Crippen molar-refractivity contribution in [2.45, 2.75) is 58.5 Å². The molecule has 112 valence electrons. The molecule has 2 atom stereocenters. The van der Waals surface area contributed by atoms with Gasteiger partial charge >= 0.3 is 0 Å². The standard InChI is InChI=1S/C15H24N2O3/c1-3-12-11(14(4-2)20-17-12)8-15(19)16-9-10-6-5-7-13(10)18/h10,13,18H,3-9H2,1-2H3,(H,16,19). The van der Waals surface area contributed by atoms with Crippen molar-refractivity contribution in [2.24, 2.45) is 5.92 Å². The van der Waals surface area contributed by atoms with Crippen molar-refractivity contribution < 1.29 is 14.4 Å². The van der Waals surface area contributed by atoms with Crippen LogP contribution < -0.4 is 5.32 Å². The smallest absolute Gasteiger partial charge is 0.224 e. The number of hydrogen-bond acceptors (Lipinski definition) is 4. The predicted octanol–water partition coefficient (Wildman–Crippen LogP) is 1.62. The molecule has 0 saturated heterocycles. The lowest BCUT2D eigenvalue weighted by atomic mass is 10.0. The molecule has 1 aliphatic rings. The monoisotopic (exact) mass is 280 g/mol. The first-order valence-corrected chi connectivity index (χ1v) is 7.56.